The van der Waals surface area contributed by atoms with E-state index in [4.69, 9.17) is 42.6 Å². The number of rotatable bonds is 24. The Balaban J connectivity index is 0.000000270. The van der Waals surface area contributed by atoms with E-state index >= 15 is 0 Å². The van der Waals surface area contributed by atoms with Crippen LogP contribution in [0.15, 0.2) is 176 Å². The van der Waals surface area contributed by atoms with E-state index in [2.05, 4.69) is 24.3 Å². The van der Waals surface area contributed by atoms with Crippen molar-refractivity contribution in [1.29, 1.82) is 0 Å². The molecule has 10 N–H and O–H groups in total. The normalized spacial score (nSPS) is 10.1. The van der Waals surface area contributed by atoms with Crippen molar-refractivity contribution in [3.63, 3.8) is 0 Å². The van der Waals surface area contributed by atoms with Crippen LogP contribution in [0.25, 0.3) is 0 Å². The Morgan fingerprint density at radius 3 is 0.804 bits per heavy atom. The molecule has 0 saturated heterocycles. The maximum Gasteiger partial charge on any atom is 0.203 e. The molecule has 19 heteroatoms. The predicted molar refractivity (Wildman–Crippen MR) is 400 cm³/mol. The fourth-order valence-corrected chi connectivity index (χ4v) is 10.8. The maximum atomic E-state index is 9.99. The number of phenols is 10. The third-order valence-corrected chi connectivity index (χ3v) is 16.0. The molecule has 19 nitrogen and oxygen atoms in total. The lowest BCUT2D eigenvalue weighted by Gasteiger charge is -2.12. The van der Waals surface area contributed by atoms with Crippen LogP contribution in [-0.2, 0) is 64.2 Å². The first-order chi connectivity index (χ1) is 48.0. The van der Waals surface area contributed by atoms with Gasteiger partial charge in [-0.2, -0.15) is 0 Å². The minimum atomic E-state index is -0.00669. The Morgan fingerprint density at radius 1 is 0.225 bits per heavy atom. The van der Waals surface area contributed by atoms with Crippen LogP contribution in [-0.4, -0.2) is 115 Å². The lowest BCUT2D eigenvalue weighted by Crippen LogP contribution is -1.97. The summed E-state index contributed by atoms with van der Waals surface area (Å²) in [7, 11) is 14.0. The average molecular weight is 1400 g/mol. The van der Waals surface area contributed by atoms with E-state index in [1.165, 1.54) is 58.8 Å². The molecule has 0 aliphatic carbocycles. The van der Waals surface area contributed by atoms with Crippen LogP contribution >= 0.6 is 0 Å². The van der Waals surface area contributed by atoms with E-state index in [0.29, 0.717) is 59.5 Å². The SMILES string of the molecule is C.C.COc1cc(CCc2cc(O)c(OC)c(OC)c2)ccc1C.COc1cc(CCc2cc(O)cc(O)c2)ccc1C.COc1cc(CCc2cccc(O)c2)cc(O)c1OC.COc1cc(O)cc(CCc2cc(OC)c(O)c(OC)c2)c1.Oc1cccc(CCc2cc(O)cc(O)c2)c1. The monoisotopic (exact) mass is 1400 g/mol. The average Bonchev–Trinajstić information content (AvgIpc) is 0.915. The van der Waals surface area contributed by atoms with Crippen LogP contribution < -0.4 is 42.6 Å². The molecule has 546 valence electrons. The Labute approximate surface area is 599 Å². The fraction of sp³-hybridized carbons (Fsp3) is 0.277. The molecule has 10 aromatic carbocycles. The molecule has 0 unspecified atom stereocenters. The standard InChI is InChI=1S/C18H22O4.C17H20O5.C16H18O4.C16H18O3.C14H14O3.2CH4/c1-12-5-6-13(10-16(12)20-2)7-8-14-9-15(19)18(22-4)17(11-14)21-3;1-20-14-7-11(6-13(18)10-14)4-5-12-8-15(21-2)17(19)16(9-12)22-3;1-19-15-10-12(9-14(18)16(15)20-2)7-6-11-4-3-5-13(17)8-11;1-11-3-4-12(9-16(11)19-2)5-6-13-7-14(17)10-15(18)8-13;15-12-3-1-2-10(6-12)4-5-11-7-13(16)9-14(17)8-11;;/h5-6,9-11,19H,7-8H2,1-4H3;6-10,18-19H,4-5H2,1-3H3;3-5,8-10,17-18H,6-7H2,1-2H3;3-4,7-10,17-18H,5-6H2,1-2H3;1-3,6-9,15-17H,4-5H2;2*1H4. The highest BCUT2D eigenvalue weighted by atomic mass is 16.5. The first kappa shape index (κ1) is 82.8. The van der Waals surface area contributed by atoms with Crippen LogP contribution in [0.5, 0.6) is 109 Å². The minimum Gasteiger partial charge on any atom is -0.508 e. The van der Waals surface area contributed by atoms with Crippen molar-refractivity contribution in [2.45, 2.75) is 92.9 Å². The molecule has 0 saturated carbocycles. The molecule has 0 aliphatic heterocycles. The Hall–Kier alpha value is -11.6. The summed E-state index contributed by atoms with van der Waals surface area (Å²) in [5.74, 6) is 6.08. The number of hydrogen-bond acceptors (Lipinski definition) is 19. The lowest BCUT2D eigenvalue weighted by atomic mass is 10.0. The molecular weight excluding hydrogens is 1300 g/mol. The molecular formula is C83H100O19. The van der Waals surface area contributed by atoms with Crippen LogP contribution in [0.1, 0.15) is 81.6 Å². The Bertz CT molecular complexity index is 4180. The third kappa shape index (κ3) is 25.9. The molecule has 0 amide bonds. The third-order valence-electron chi connectivity index (χ3n) is 16.0. The Kier molecular flexibility index (Phi) is 33.9. The van der Waals surface area contributed by atoms with Gasteiger partial charge >= 0.3 is 0 Å². The van der Waals surface area contributed by atoms with E-state index in [9.17, 15) is 51.1 Å². The van der Waals surface area contributed by atoms with E-state index in [1.54, 1.807) is 119 Å². The van der Waals surface area contributed by atoms with E-state index < -0.39 is 0 Å². The first-order valence-electron chi connectivity index (χ1n) is 32.1. The van der Waals surface area contributed by atoms with Crippen LogP contribution in [0.2, 0.25) is 0 Å². The summed E-state index contributed by atoms with van der Waals surface area (Å²) in [5.41, 5.74) is 12.3. The van der Waals surface area contributed by atoms with Gasteiger partial charge in [-0.15, -0.1) is 0 Å². The number of hydrogen-bond donors (Lipinski definition) is 10. The quantitative estimate of drug-likeness (QED) is 0.0269. The van der Waals surface area contributed by atoms with Gasteiger partial charge < -0.3 is 93.7 Å². The van der Waals surface area contributed by atoms with Crippen molar-refractivity contribution in [2.24, 2.45) is 0 Å². The molecule has 10 aromatic rings. The molecule has 0 radical (unpaired) electrons. The molecule has 0 bridgehead atoms. The minimum absolute atomic E-state index is 0. The van der Waals surface area contributed by atoms with Crippen molar-refractivity contribution >= 4 is 0 Å². The molecule has 102 heavy (non-hydrogen) atoms. The topological polar surface area (TPSA) is 285 Å². The summed E-state index contributed by atoms with van der Waals surface area (Å²) in [6, 6.07) is 51.6. The van der Waals surface area contributed by atoms with Crippen molar-refractivity contribution in [2.75, 3.05) is 64.0 Å². The van der Waals surface area contributed by atoms with E-state index in [-0.39, 0.29) is 72.3 Å². The summed E-state index contributed by atoms with van der Waals surface area (Å²) >= 11 is 0. The van der Waals surface area contributed by atoms with Gasteiger partial charge in [0, 0.05) is 18.2 Å². The number of ether oxygens (including phenoxy) is 9. The smallest absolute Gasteiger partial charge is 0.203 e. The van der Waals surface area contributed by atoms with Gasteiger partial charge in [-0.1, -0.05) is 63.4 Å². The molecule has 0 heterocycles. The van der Waals surface area contributed by atoms with Gasteiger partial charge in [-0.05, 0) is 254 Å². The van der Waals surface area contributed by atoms with E-state index in [1.807, 2.05) is 62.4 Å². The highest BCUT2D eigenvalue weighted by Crippen LogP contribution is 2.40. The molecule has 0 fully saturated rings. The highest BCUT2D eigenvalue weighted by Gasteiger charge is 2.16. The second-order valence-electron chi connectivity index (χ2n) is 23.3. The summed E-state index contributed by atoms with van der Waals surface area (Å²) in [5, 5.41) is 95.7. The van der Waals surface area contributed by atoms with Gasteiger partial charge in [-0.25, -0.2) is 0 Å². The summed E-state index contributed by atoms with van der Waals surface area (Å²) < 4.78 is 46.8. The number of methoxy groups -OCH3 is 9. The summed E-state index contributed by atoms with van der Waals surface area (Å²) in [6.45, 7) is 4.03. The van der Waals surface area contributed by atoms with Gasteiger partial charge in [0.05, 0.1) is 64.0 Å². The first-order valence-corrected chi connectivity index (χ1v) is 32.1. The number of aryl methyl sites for hydroxylation is 12. The van der Waals surface area contributed by atoms with Crippen LogP contribution in [0.4, 0.5) is 0 Å². The molecule has 10 rings (SSSR count). The molecule has 0 aromatic heterocycles. The van der Waals surface area contributed by atoms with Gasteiger partial charge in [0.2, 0.25) is 17.2 Å². The maximum absolute atomic E-state index is 9.99. The van der Waals surface area contributed by atoms with Gasteiger partial charge in [0.25, 0.3) is 0 Å². The van der Waals surface area contributed by atoms with Crippen molar-refractivity contribution in [1.82, 2.24) is 0 Å². The van der Waals surface area contributed by atoms with Crippen LogP contribution in [0, 0.1) is 13.8 Å². The van der Waals surface area contributed by atoms with Crippen LogP contribution in [0.3, 0.4) is 0 Å². The zero-order valence-electron chi connectivity index (χ0n) is 58.5. The van der Waals surface area contributed by atoms with Crippen molar-refractivity contribution in [3.05, 3.63) is 243 Å². The van der Waals surface area contributed by atoms with Crippen molar-refractivity contribution in [3.8, 4) is 109 Å². The lowest BCUT2D eigenvalue weighted by molar-refractivity contribution is 0.332. The predicted octanol–water partition coefficient (Wildman–Crippen LogP) is 16.4. The number of phenolic OH excluding ortho intramolecular Hbond substituents is 10. The fourth-order valence-electron chi connectivity index (χ4n) is 10.8. The Morgan fingerprint density at radius 2 is 0.490 bits per heavy atom. The number of benzene rings is 10. The number of aromatic hydroxyl groups is 10. The second kappa shape index (κ2) is 41.7. The van der Waals surface area contributed by atoms with Gasteiger partial charge in [-0.3, -0.25) is 0 Å². The molecule has 0 atom stereocenters. The molecule has 0 aliphatic rings. The molecule has 0 spiro atoms. The van der Waals surface area contributed by atoms with E-state index in [0.717, 1.165) is 112 Å². The largest absolute Gasteiger partial charge is 0.508 e. The summed E-state index contributed by atoms with van der Waals surface area (Å²) in [6.07, 6.45) is 7.60. The second-order valence-corrected chi connectivity index (χ2v) is 23.3. The van der Waals surface area contributed by atoms with Crippen molar-refractivity contribution < 1.29 is 93.7 Å². The van der Waals surface area contributed by atoms with Gasteiger partial charge in [0.1, 0.15) is 57.5 Å². The summed E-state index contributed by atoms with van der Waals surface area (Å²) in [4.78, 5) is 0. The zero-order chi connectivity index (χ0) is 72.8. The van der Waals surface area contributed by atoms with Gasteiger partial charge in [0.15, 0.2) is 34.5 Å². The zero-order valence-corrected chi connectivity index (χ0v) is 58.5. The highest BCUT2D eigenvalue weighted by molar-refractivity contribution is 5.55.